The first-order valence-corrected chi connectivity index (χ1v) is 9.10. The SMILES string of the molecule is COc1ccc(-n2c(=S)[nH]c3c(c2=O)CCN(C(=O)OC(C)(C)C)C3)cc1. The molecule has 1 aliphatic rings. The summed E-state index contributed by atoms with van der Waals surface area (Å²) in [5, 5.41) is 0. The van der Waals surface area contributed by atoms with Crippen molar-refractivity contribution in [2.24, 2.45) is 0 Å². The standard InChI is InChI=1S/C19H23N3O4S/c1-19(2,3)26-18(24)21-10-9-14-15(11-21)20-17(27)22(16(14)23)12-5-7-13(25-4)8-6-12/h5-8H,9-11H2,1-4H3,(H,20,27). The highest BCUT2D eigenvalue weighted by Gasteiger charge is 2.28. The van der Waals surface area contributed by atoms with Gasteiger partial charge in [0.2, 0.25) is 0 Å². The first kappa shape index (κ1) is 19.2. The Kier molecular flexibility index (Phi) is 5.10. The third-order valence-corrected chi connectivity index (χ3v) is 4.53. The molecule has 0 aliphatic carbocycles. The van der Waals surface area contributed by atoms with Crippen LogP contribution in [-0.2, 0) is 17.7 Å². The van der Waals surface area contributed by atoms with Crippen LogP contribution in [0.15, 0.2) is 29.1 Å². The van der Waals surface area contributed by atoms with E-state index in [4.69, 9.17) is 21.7 Å². The molecule has 144 valence electrons. The van der Waals surface area contributed by atoms with Crippen molar-refractivity contribution in [3.05, 3.63) is 50.6 Å². The van der Waals surface area contributed by atoms with Gasteiger partial charge in [0.25, 0.3) is 5.56 Å². The smallest absolute Gasteiger partial charge is 0.410 e. The number of carbonyl (C=O) groups excluding carboxylic acids is 1. The van der Waals surface area contributed by atoms with Crippen molar-refractivity contribution >= 4 is 18.3 Å². The van der Waals surface area contributed by atoms with Gasteiger partial charge in [-0.1, -0.05) is 0 Å². The summed E-state index contributed by atoms with van der Waals surface area (Å²) < 4.78 is 12.3. The van der Waals surface area contributed by atoms with Crippen molar-refractivity contribution in [3.63, 3.8) is 0 Å². The van der Waals surface area contributed by atoms with Gasteiger partial charge in [0.15, 0.2) is 4.77 Å². The van der Waals surface area contributed by atoms with Crippen LogP contribution >= 0.6 is 12.2 Å². The summed E-state index contributed by atoms with van der Waals surface area (Å²) in [6, 6.07) is 7.12. The highest BCUT2D eigenvalue weighted by Crippen LogP contribution is 2.19. The van der Waals surface area contributed by atoms with Crippen molar-refractivity contribution in [1.29, 1.82) is 0 Å². The molecule has 2 aromatic rings. The number of ether oxygens (including phenoxy) is 2. The average molecular weight is 389 g/mol. The topological polar surface area (TPSA) is 76.6 Å². The van der Waals surface area contributed by atoms with E-state index in [1.165, 1.54) is 4.57 Å². The summed E-state index contributed by atoms with van der Waals surface area (Å²) in [7, 11) is 1.59. The molecule has 1 aromatic carbocycles. The van der Waals surface area contributed by atoms with Crippen molar-refractivity contribution in [3.8, 4) is 11.4 Å². The van der Waals surface area contributed by atoms with E-state index in [-0.39, 0.29) is 16.9 Å². The normalized spacial score (nSPS) is 13.9. The number of aromatic amines is 1. The Labute approximate surface area is 162 Å². The van der Waals surface area contributed by atoms with Gasteiger partial charge in [-0.25, -0.2) is 4.79 Å². The van der Waals surface area contributed by atoms with Gasteiger partial charge in [0.05, 0.1) is 19.3 Å². The monoisotopic (exact) mass is 389 g/mol. The number of rotatable bonds is 2. The van der Waals surface area contributed by atoms with Gasteiger partial charge in [-0.2, -0.15) is 0 Å². The Hall–Kier alpha value is -2.61. The number of aromatic nitrogens is 2. The fourth-order valence-electron chi connectivity index (χ4n) is 2.97. The highest BCUT2D eigenvalue weighted by atomic mass is 32.1. The highest BCUT2D eigenvalue weighted by molar-refractivity contribution is 7.71. The average Bonchev–Trinajstić information content (AvgIpc) is 2.60. The van der Waals surface area contributed by atoms with Gasteiger partial charge in [-0.3, -0.25) is 9.36 Å². The molecule has 7 nitrogen and oxygen atoms in total. The molecule has 0 radical (unpaired) electrons. The first-order valence-electron chi connectivity index (χ1n) is 8.69. The molecule has 2 heterocycles. The summed E-state index contributed by atoms with van der Waals surface area (Å²) in [5.41, 5.74) is 1.23. The summed E-state index contributed by atoms with van der Waals surface area (Å²) in [6.45, 7) is 6.16. The first-order chi connectivity index (χ1) is 12.7. The minimum absolute atomic E-state index is 0.164. The number of carbonyl (C=O) groups is 1. The Morgan fingerprint density at radius 1 is 1.22 bits per heavy atom. The number of nitrogens with zero attached hydrogens (tertiary/aromatic N) is 2. The Morgan fingerprint density at radius 2 is 1.89 bits per heavy atom. The van der Waals surface area contributed by atoms with Crippen LogP contribution in [0.5, 0.6) is 5.75 Å². The summed E-state index contributed by atoms with van der Waals surface area (Å²) in [4.78, 5) is 30.0. The van der Waals surface area contributed by atoms with Gasteiger partial charge in [0.1, 0.15) is 11.4 Å². The lowest BCUT2D eigenvalue weighted by molar-refractivity contribution is 0.0220. The Balaban J connectivity index is 1.93. The molecular weight excluding hydrogens is 366 g/mol. The number of fused-ring (bicyclic) bond motifs is 1. The lowest BCUT2D eigenvalue weighted by Crippen LogP contribution is -2.42. The second kappa shape index (κ2) is 7.19. The van der Waals surface area contributed by atoms with E-state index >= 15 is 0 Å². The lowest BCUT2D eigenvalue weighted by Gasteiger charge is -2.31. The van der Waals surface area contributed by atoms with Gasteiger partial charge < -0.3 is 19.4 Å². The van der Waals surface area contributed by atoms with E-state index in [0.29, 0.717) is 35.7 Å². The van der Waals surface area contributed by atoms with Crippen molar-refractivity contribution in [2.75, 3.05) is 13.7 Å². The van der Waals surface area contributed by atoms with E-state index in [2.05, 4.69) is 4.98 Å². The van der Waals surface area contributed by atoms with E-state index < -0.39 is 11.7 Å². The lowest BCUT2D eigenvalue weighted by atomic mass is 10.1. The summed E-state index contributed by atoms with van der Waals surface area (Å²) in [6.07, 6.45) is 0.0437. The third-order valence-electron chi connectivity index (χ3n) is 4.25. The fraction of sp³-hybridized carbons (Fsp3) is 0.421. The van der Waals surface area contributed by atoms with Gasteiger partial charge in [-0.05, 0) is 63.7 Å². The molecule has 0 fully saturated rings. The Morgan fingerprint density at radius 3 is 2.48 bits per heavy atom. The second-order valence-electron chi connectivity index (χ2n) is 7.38. The Bertz CT molecular complexity index is 970. The maximum Gasteiger partial charge on any atom is 0.410 e. The molecule has 1 amide bonds. The quantitative estimate of drug-likeness (QED) is 0.798. The van der Waals surface area contributed by atoms with Crippen LogP contribution < -0.4 is 10.3 Å². The van der Waals surface area contributed by atoms with Crippen LogP contribution in [0.1, 0.15) is 32.0 Å². The molecule has 8 heteroatoms. The molecule has 0 spiro atoms. The second-order valence-corrected chi connectivity index (χ2v) is 7.76. The molecule has 0 saturated carbocycles. The maximum absolute atomic E-state index is 13.0. The van der Waals surface area contributed by atoms with Gasteiger partial charge >= 0.3 is 6.09 Å². The zero-order valence-corrected chi connectivity index (χ0v) is 16.7. The van der Waals surface area contributed by atoms with Crippen LogP contribution in [0.4, 0.5) is 4.79 Å². The zero-order valence-electron chi connectivity index (χ0n) is 15.9. The molecule has 0 unspecified atom stereocenters. The predicted octanol–water partition coefficient (Wildman–Crippen LogP) is 3.20. The number of methoxy groups -OCH3 is 1. The van der Waals surface area contributed by atoms with Crippen LogP contribution in [0.3, 0.4) is 0 Å². The number of amides is 1. The van der Waals surface area contributed by atoms with E-state index in [1.807, 2.05) is 20.8 Å². The molecule has 1 aliphatic heterocycles. The molecule has 3 rings (SSSR count). The molecule has 27 heavy (non-hydrogen) atoms. The largest absolute Gasteiger partial charge is 0.497 e. The van der Waals surface area contributed by atoms with Gasteiger partial charge in [-0.15, -0.1) is 0 Å². The molecule has 1 aromatic heterocycles. The van der Waals surface area contributed by atoms with E-state index in [0.717, 1.165) is 0 Å². The number of nitrogens with one attached hydrogen (secondary N) is 1. The van der Waals surface area contributed by atoms with Crippen LogP contribution in [0.25, 0.3) is 5.69 Å². The van der Waals surface area contributed by atoms with E-state index in [9.17, 15) is 9.59 Å². The minimum atomic E-state index is -0.567. The van der Waals surface area contributed by atoms with Crippen LogP contribution in [-0.4, -0.2) is 39.8 Å². The van der Waals surface area contributed by atoms with Crippen LogP contribution in [0, 0.1) is 4.77 Å². The summed E-state index contributed by atoms with van der Waals surface area (Å²) in [5.74, 6) is 0.702. The molecule has 1 N–H and O–H groups in total. The van der Waals surface area contributed by atoms with Crippen LogP contribution in [0.2, 0.25) is 0 Å². The molecular formula is C19H23N3O4S. The zero-order chi connectivity index (χ0) is 19.8. The molecule has 0 saturated heterocycles. The number of H-pyrrole nitrogens is 1. The van der Waals surface area contributed by atoms with Crippen molar-refractivity contribution in [1.82, 2.24) is 14.5 Å². The fourth-order valence-corrected chi connectivity index (χ4v) is 3.29. The number of hydrogen-bond donors (Lipinski definition) is 1. The maximum atomic E-state index is 13.0. The van der Waals surface area contributed by atoms with Gasteiger partial charge in [0, 0.05) is 17.8 Å². The molecule has 0 atom stereocenters. The molecule has 0 bridgehead atoms. The van der Waals surface area contributed by atoms with Crippen molar-refractivity contribution in [2.45, 2.75) is 39.3 Å². The summed E-state index contributed by atoms with van der Waals surface area (Å²) >= 11 is 5.40. The van der Waals surface area contributed by atoms with E-state index in [1.54, 1.807) is 36.3 Å². The third kappa shape index (κ3) is 4.05. The minimum Gasteiger partial charge on any atom is -0.497 e. The number of hydrogen-bond acceptors (Lipinski definition) is 5. The predicted molar refractivity (Wildman–Crippen MR) is 104 cm³/mol. The number of benzene rings is 1. The van der Waals surface area contributed by atoms with Crippen molar-refractivity contribution < 1.29 is 14.3 Å².